The third-order valence-electron chi connectivity index (χ3n) is 5.23. The van der Waals surface area contributed by atoms with Crippen molar-refractivity contribution in [3.63, 3.8) is 0 Å². The summed E-state index contributed by atoms with van der Waals surface area (Å²) in [5.74, 6) is -0.365. The largest absolute Gasteiger partial charge is 0.465 e. The third kappa shape index (κ3) is 5.70. The number of methoxy groups -OCH3 is 1. The van der Waals surface area contributed by atoms with Gasteiger partial charge in [-0.1, -0.05) is 49.0 Å². The van der Waals surface area contributed by atoms with Crippen molar-refractivity contribution in [1.82, 2.24) is 9.80 Å². The van der Waals surface area contributed by atoms with Crippen molar-refractivity contribution in [1.29, 1.82) is 0 Å². The van der Waals surface area contributed by atoms with Gasteiger partial charge < -0.3 is 9.64 Å². The van der Waals surface area contributed by atoms with Crippen LogP contribution in [-0.4, -0.2) is 58.6 Å². The minimum atomic E-state index is -0.400. The van der Waals surface area contributed by atoms with Crippen molar-refractivity contribution < 1.29 is 19.1 Å². The number of carbonyl (C=O) groups excluding carboxylic acids is 3. The molecule has 6 nitrogen and oxygen atoms in total. The molecule has 3 rings (SSSR count). The quantitative estimate of drug-likeness (QED) is 0.376. The van der Waals surface area contributed by atoms with E-state index in [1.807, 2.05) is 4.90 Å². The van der Waals surface area contributed by atoms with E-state index in [1.54, 1.807) is 35.2 Å². The summed E-state index contributed by atoms with van der Waals surface area (Å²) in [5, 5.41) is 0. The lowest BCUT2D eigenvalue weighted by atomic mass is 10.1. The highest BCUT2D eigenvalue weighted by atomic mass is 32.2. The van der Waals surface area contributed by atoms with Gasteiger partial charge in [-0.3, -0.25) is 14.5 Å². The van der Waals surface area contributed by atoms with Gasteiger partial charge in [0.2, 0.25) is 5.91 Å². The second-order valence-electron chi connectivity index (χ2n) is 7.35. The van der Waals surface area contributed by atoms with Crippen molar-refractivity contribution in [2.24, 2.45) is 0 Å². The summed E-state index contributed by atoms with van der Waals surface area (Å²) in [6.45, 7) is 2.14. The van der Waals surface area contributed by atoms with Gasteiger partial charge in [0.25, 0.3) is 5.91 Å². The van der Waals surface area contributed by atoms with Crippen LogP contribution < -0.4 is 0 Å². The molecule has 0 bridgehead atoms. The van der Waals surface area contributed by atoms with Crippen LogP contribution in [0.4, 0.5) is 0 Å². The van der Waals surface area contributed by atoms with Crippen LogP contribution in [0.25, 0.3) is 6.08 Å². The number of carbonyl (C=O) groups is 3. The van der Waals surface area contributed by atoms with Gasteiger partial charge >= 0.3 is 5.97 Å². The Labute approximate surface area is 186 Å². The fourth-order valence-corrected chi connectivity index (χ4v) is 4.85. The monoisotopic (exact) mass is 446 g/mol. The van der Waals surface area contributed by atoms with E-state index in [-0.39, 0.29) is 11.8 Å². The van der Waals surface area contributed by atoms with Crippen molar-refractivity contribution in [3.05, 3.63) is 40.3 Å². The number of likely N-dealkylation sites (tertiary alicyclic amines) is 1. The van der Waals surface area contributed by atoms with E-state index < -0.39 is 5.97 Å². The maximum Gasteiger partial charge on any atom is 0.337 e. The molecule has 2 aliphatic heterocycles. The molecule has 0 spiro atoms. The summed E-state index contributed by atoms with van der Waals surface area (Å²) in [7, 11) is 1.34. The molecule has 0 atom stereocenters. The Morgan fingerprint density at radius 2 is 1.80 bits per heavy atom. The predicted molar refractivity (Wildman–Crippen MR) is 122 cm³/mol. The van der Waals surface area contributed by atoms with Crippen LogP contribution in [-0.2, 0) is 14.3 Å². The molecular formula is C22H26N2O4S2. The van der Waals surface area contributed by atoms with Crippen LogP contribution in [0.3, 0.4) is 0 Å². The maximum atomic E-state index is 12.7. The van der Waals surface area contributed by atoms with E-state index in [4.69, 9.17) is 17.0 Å². The number of esters is 1. The number of ether oxygens (including phenoxy) is 1. The average Bonchev–Trinajstić information content (AvgIpc) is 2.95. The molecule has 0 aliphatic carbocycles. The molecule has 2 fully saturated rings. The molecule has 0 unspecified atom stereocenters. The maximum absolute atomic E-state index is 12.7. The lowest BCUT2D eigenvalue weighted by Gasteiger charge is -2.21. The van der Waals surface area contributed by atoms with Crippen LogP contribution in [0.5, 0.6) is 0 Å². The van der Waals surface area contributed by atoms with Crippen molar-refractivity contribution >= 4 is 52.2 Å². The van der Waals surface area contributed by atoms with Crippen molar-refractivity contribution in [2.75, 3.05) is 26.7 Å². The summed E-state index contributed by atoms with van der Waals surface area (Å²) in [6.07, 6.45) is 7.34. The first-order valence-corrected chi connectivity index (χ1v) is 11.4. The number of benzene rings is 1. The van der Waals surface area contributed by atoms with Gasteiger partial charge in [-0.2, -0.15) is 0 Å². The Balaban J connectivity index is 1.54. The summed E-state index contributed by atoms with van der Waals surface area (Å²) in [5.41, 5.74) is 1.26. The Hall–Kier alpha value is -2.19. The molecule has 30 heavy (non-hydrogen) atoms. The van der Waals surface area contributed by atoms with Gasteiger partial charge in [-0.05, 0) is 43.0 Å². The molecule has 0 radical (unpaired) electrons. The Morgan fingerprint density at radius 3 is 2.43 bits per heavy atom. The fourth-order valence-electron chi connectivity index (χ4n) is 3.54. The Kier molecular flexibility index (Phi) is 8.04. The minimum Gasteiger partial charge on any atom is -0.465 e. The second-order valence-corrected chi connectivity index (χ2v) is 9.02. The number of hydrogen-bond acceptors (Lipinski definition) is 6. The molecular weight excluding hydrogens is 420 g/mol. The van der Waals surface area contributed by atoms with E-state index >= 15 is 0 Å². The number of amides is 2. The summed E-state index contributed by atoms with van der Waals surface area (Å²) in [4.78, 5) is 40.8. The SMILES string of the molecule is COC(=O)c1ccc(/C=C2\SC(=S)N(CCCC(=O)N3CCCCCC3)C2=O)cc1. The second kappa shape index (κ2) is 10.7. The number of thiocarbonyl (C=S) groups is 1. The average molecular weight is 447 g/mol. The fraction of sp³-hybridized carbons (Fsp3) is 0.455. The first kappa shape index (κ1) is 22.5. The third-order valence-corrected chi connectivity index (χ3v) is 6.61. The first-order chi connectivity index (χ1) is 14.5. The molecule has 2 aliphatic rings. The summed E-state index contributed by atoms with van der Waals surface area (Å²) < 4.78 is 5.20. The van der Waals surface area contributed by atoms with Crippen LogP contribution in [0.1, 0.15) is 54.4 Å². The van der Waals surface area contributed by atoms with Gasteiger partial charge in [-0.15, -0.1) is 0 Å². The van der Waals surface area contributed by atoms with E-state index in [0.717, 1.165) is 31.5 Å². The molecule has 0 aromatic heterocycles. The topological polar surface area (TPSA) is 66.9 Å². The molecule has 2 amide bonds. The highest BCUT2D eigenvalue weighted by Gasteiger charge is 2.31. The lowest BCUT2D eigenvalue weighted by molar-refractivity contribution is -0.131. The van der Waals surface area contributed by atoms with Gasteiger partial charge in [-0.25, -0.2) is 4.79 Å². The van der Waals surface area contributed by atoms with Crippen LogP contribution in [0.2, 0.25) is 0 Å². The van der Waals surface area contributed by atoms with E-state index in [0.29, 0.717) is 34.2 Å². The van der Waals surface area contributed by atoms with E-state index in [9.17, 15) is 14.4 Å². The molecule has 0 saturated carbocycles. The zero-order valence-electron chi connectivity index (χ0n) is 17.1. The molecule has 0 N–H and O–H groups in total. The Morgan fingerprint density at radius 1 is 1.13 bits per heavy atom. The summed E-state index contributed by atoms with van der Waals surface area (Å²) in [6, 6.07) is 6.84. The van der Waals surface area contributed by atoms with Gasteiger partial charge in [0.05, 0.1) is 17.6 Å². The number of rotatable bonds is 6. The molecule has 2 heterocycles. The highest BCUT2D eigenvalue weighted by Crippen LogP contribution is 2.32. The van der Waals surface area contributed by atoms with E-state index in [2.05, 4.69) is 0 Å². The first-order valence-electron chi connectivity index (χ1n) is 10.2. The van der Waals surface area contributed by atoms with Crippen LogP contribution in [0.15, 0.2) is 29.2 Å². The smallest absolute Gasteiger partial charge is 0.337 e. The van der Waals surface area contributed by atoms with Crippen molar-refractivity contribution in [2.45, 2.75) is 38.5 Å². The lowest BCUT2D eigenvalue weighted by Crippen LogP contribution is -2.33. The van der Waals surface area contributed by atoms with Crippen molar-refractivity contribution in [3.8, 4) is 0 Å². The van der Waals surface area contributed by atoms with Gasteiger partial charge in [0, 0.05) is 26.1 Å². The zero-order chi connectivity index (χ0) is 21.5. The standard InChI is InChI=1S/C22H26N2O4S2/c1-28-21(27)17-10-8-16(9-11-17)15-18-20(26)24(22(29)30-18)14-6-7-19(25)23-12-4-2-3-5-13-23/h8-11,15H,2-7,12-14H2,1H3/b18-15-. The predicted octanol–water partition coefficient (Wildman–Crippen LogP) is 3.86. The number of nitrogens with zero attached hydrogens (tertiary/aromatic N) is 2. The zero-order valence-corrected chi connectivity index (χ0v) is 18.7. The van der Waals surface area contributed by atoms with Crippen LogP contribution in [0, 0.1) is 0 Å². The molecule has 2 saturated heterocycles. The Bertz CT molecular complexity index is 843. The normalized spacial score (nSPS) is 18.6. The molecule has 1 aromatic carbocycles. The van der Waals surface area contributed by atoms with Crippen LogP contribution >= 0.6 is 24.0 Å². The molecule has 1 aromatic rings. The number of thioether (sulfide) groups is 1. The minimum absolute atomic E-state index is 0.135. The molecule has 8 heteroatoms. The van der Waals surface area contributed by atoms with Gasteiger partial charge in [0.1, 0.15) is 4.32 Å². The molecule has 160 valence electrons. The number of hydrogen-bond donors (Lipinski definition) is 0. The van der Waals surface area contributed by atoms with Gasteiger partial charge in [0.15, 0.2) is 0 Å². The van der Waals surface area contributed by atoms with E-state index in [1.165, 1.54) is 31.7 Å². The summed E-state index contributed by atoms with van der Waals surface area (Å²) >= 11 is 6.64. The highest BCUT2D eigenvalue weighted by molar-refractivity contribution is 8.26.